The second kappa shape index (κ2) is 4.70. The Bertz CT molecular complexity index is 673. The average Bonchev–Trinajstić information content (AvgIpc) is 3.03. The number of rotatable bonds is 3. The van der Waals surface area contributed by atoms with Crippen LogP contribution in [0.4, 0.5) is 5.13 Å². The highest BCUT2D eigenvalue weighted by atomic mass is 32.1. The smallest absolute Gasteiger partial charge is 0.267 e. The minimum absolute atomic E-state index is 0.0540. The molecule has 2 aliphatic rings. The van der Waals surface area contributed by atoms with E-state index >= 15 is 0 Å². The normalized spacial score (nSPS) is 18.1. The minimum atomic E-state index is 0.0540. The Morgan fingerprint density at radius 3 is 3.05 bits per heavy atom. The van der Waals surface area contributed by atoms with Crippen LogP contribution in [0.15, 0.2) is 22.4 Å². The van der Waals surface area contributed by atoms with E-state index in [2.05, 4.69) is 15.0 Å². The Balaban J connectivity index is 1.45. The van der Waals surface area contributed by atoms with Crippen LogP contribution in [-0.2, 0) is 19.4 Å². The van der Waals surface area contributed by atoms with Gasteiger partial charge in [0.2, 0.25) is 0 Å². The third-order valence-corrected chi connectivity index (χ3v) is 4.93. The van der Waals surface area contributed by atoms with Crippen molar-refractivity contribution in [3.8, 4) is 0 Å². The van der Waals surface area contributed by atoms with Gasteiger partial charge in [0.25, 0.3) is 5.56 Å². The van der Waals surface area contributed by atoms with Crippen LogP contribution in [0.3, 0.4) is 0 Å². The molecule has 0 N–H and O–H groups in total. The zero-order valence-electron chi connectivity index (χ0n) is 11.2. The van der Waals surface area contributed by atoms with Crippen molar-refractivity contribution in [2.24, 2.45) is 5.92 Å². The van der Waals surface area contributed by atoms with E-state index in [1.54, 1.807) is 22.1 Å². The zero-order valence-corrected chi connectivity index (χ0v) is 12.0. The maximum atomic E-state index is 12.0. The number of nitrogens with zero attached hydrogens (tertiary/aromatic N) is 4. The Hall–Kier alpha value is -1.69. The monoisotopic (exact) mass is 288 g/mol. The lowest BCUT2D eigenvalue weighted by atomic mass is 10.0. The van der Waals surface area contributed by atoms with E-state index in [0.29, 0.717) is 5.92 Å². The molecule has 6 heteroatoms. The molecule has 0 saturated carbocycles. The van der Waals surface area contributed by atoms with Crippen molar-refractivity contribution in [2.45, 2.75) is 25.8 Å². The molecule has 1 fully saturated rings. The van der Waals surface area contributed by atoms with Crippen molar-refractivity contribution >= 4 is 16.5 Å². The lowest BCUT2D eigenvalue weighted by molar-refractivity contribution is 0.333. The number of hydrogen-bond donors (Lipinski definition) is 0. The molecule has 104 valence electrons. The van der Waals surface area contributed by atoms with Gasteiger partial charge in [0.15, 0.2) is 5.13 Å². The van der Waals surface area contributed by atoms with Crippen molar-refractivity contribution in [2.75, 3.05) is 18.0 Å². The van der Waals surface area contributed by atoms with Crippen molar-refractivity contribution in [3.05, 3.63) is 39.3 Å². The van der Waals surface area contributed by atoms with Crippen LogP contribution >= 0.6 is 11.3 Å². The van der Waals surface area contributed by atoms with Crippen LogP contribution < -0.4 is 10.5 Å². The van der Waals surface area contributed by atoms with Crippen LogP contribution in [0, 0.1) is 5.92 Å². The fraction of sp³-hybridized carbons (Fsp3) is 0.500. The lowest BCUT2D eigenvalue weighted by Crippen LogP contribution is -2.49. The van der Waals surface area contributed by atoms with Gasteiger partial charge >= 0.3 is 0 Å². The first-order chi connectivity index (χ1) is 9.79. The fourth-order valence-electron chi connectivity index (χ4n) is 3.03. The molecule has 1 saturated heterocycles. The first-order valence-corrected chi connectivity index (χ1v) is 7.92. The van der Waals surface area contributed by atoms with Crippen LogP contribution in [0.5, 0.6) is 0 Å². The number of aromatic nitrogens is 3. The number of aryl methyl sites for hydroxylation is 2. The Labute approximate surface area is 120 Å². The van der Waals surface area contributed by atoms with Crippen molar-refractivity contribution in [3.63, 3.8) is 0 Å². The van der Waals surface area contributed by atoms with Gasteiger partial charge in [-0.1, -0.05) is 0 Å². The zero-order chi connectivity index (χ0) is 13.5. The average molecular weight is 288 g/mol. The van der Waals surface area contributed by atoms with E-state index in [9.17, 15) is 4.79 Å². The molecule has 1 aliphatic heterocycles. The molecule has 0 aromatic carbocycles. The predicted octanol–water partition coefficient (Wildman–Crippen LogP) is 1.32. The van der Waals surface area contributed by atoms with E-state index in [1.165, 1.54) is 0 Å². The second-order valence-corrected chi connectivity index (χ2v) is 6.45. The Morgan fingerprint density at radius 2 is 2.25 bits per heavy atom. The number of hydrogen-bond acceptors (Lipinski definition) is 5. The van der Waals surface area contributed by atoms with Gasteiger partial charge in [-0.3, -0.25) is 4.79 Å². The van der Waals surface area contributed by atoms with Crippen LogP contribution in [-0.4, -0.2) is 27.9 Å². The van der Waals surface area contributed by atoms with E-state index in [-0.39, 0.29) is 5.56 Å². The van der Waals surface area contributed by atoms with Crippen molar-refractivity contribution < 1.29 is 0 Å². The molecule has 0 radical (unpaired) electrons. The highest BCUT2D eigenvalue weighted by molar-refractivity contribution is 7.13. The summed E-state index contributed by atoms with van der Waals surface area (Å²) in [7, 11) is 0. The molecule has 1 aliphatic carbocycles. The Morgan fingerprint density at radius 1 is 1.35 bits per heavy atom. The quantitative estimate of drug-likeness (QED) is 0.855. The summed E-state index contributed by atoms with van der Waals surface area (Å²) in [4.78, 5) is 18.6. The van der Waals surface area contributed by atoms with E-state index in [0.717, 1.165) is 55.3 Å². The standard InChI is InChI=1S/C14H16N4OS/c19-13-6-11-2-1-3-12(11)16-18(13)9-10-7-17(8-10)14-15-4-5-20-14/h4-6,10H,1-3,7-9H2. The van der Waals surface area contributed by atoms with Gasteiger partial charge in [0.05, 0.1) is 12.2 Å². The molecule has 2 aromatic heterocycles. The second-order valence-electron chi connectivity index (χ2n) is 5.58. The van der Waals surface area contributed by atoms with Crippen LogP contribution in [0.25, 0.3) is 0 Å². The first-order valence-electron chi connectivity index (χ1n) is 7.04. The van der Waals surface area contributed by atoms with Gasteiger partial charge in [-0.25, -0.2) is 9.67 Å². The highest BCUT2D eigenvalue weighted by Crippen LogP contribution is 2.27. The van der Waals surface area contributed by atoms with Gasteiger partial charge < -0.3 is 4.90 Å². The predicted molar refractivity (Wildman–Crippen MR) is 78.3 cm³/mol. The molecule has 3 heterocycles. The molecule has 2 aromatic rings. The van der Waals surface area contributed by atoms with Crippen LogP contribution in [0.1, 0.15) is 17.7 Å². The third kappa shape index (κ3) is 2.04. The summed E-state index contributed by atoms with van der Waals surface area (Å²) in [6, 6.07) is 1.78. The molecule has 0 atom stereocenters. The van der Waals surface area contributed by atoms with Gasteiger partial charge in [-0.05, 0) is 24.8 Å². The summed E-state index contributed by atoms with van der Waals surface area (Å²) in [6.07, 6.45) is 5.00. The molecule has 0 spiro atoms. The summed E-state index contributed by atoms with van der Waals surface area (Å²) in [6.45, 7) is 2.67. The van der Waals surface area contributed by atoms with E-state index < -0.39 is 0 Å². The summed E-state index contributed by atoms with van der Waals surface area (Å²) < 4.78 is 1.66. The van der Waals surface area contributed by atoms with E-state index in [1.807, 2.05) is 11.6 Å². The Kier molecular flexibility index (Phi) is 2.84. The minimum Gasteiger partial charge on any atom is -0.347 e. The number of fused-ring (bicyclic) bond motifs is 1. The number of thiazole rings is 1. The lowest BCUT2D eigenvalue weighted by Gasteiger charge is -2.39. The molecular formula is C14H16N4OS. The molecule has 0 unspecified atom stereocenters. The third-order valence-electron chi connectivity index (χ3n) is 4.10. The topological polar surface area (TPSA) is 51.0 Å². The van der Waals surface area contributed by atoms with Gasteiger partial charge in [-0.15, -0.1) is 11.3 Å². The van der Waals surface area contributed by atoms with Gasteiger partial charge in [0, 0.05) is 36.7 Å². The molecule has 20 heavy (non-hydrogen) atoms. The maximum Gasteiger partial charge on any atom is 0.267 e. The van der Waals surface area contributed by atoms with Gasteiger partial charge in [-0.2, -0.15) is 5.10 Å². The summed E-state index contributed by atoms with van der Waals surface area (Å²) >= 11 is 1.67. The number of anilines is 1. The molecular weight excluding hydrogens is 272 g/mol. The maximum absolute atomic E-state index is 12.0. The first kappa shape index (κ1) is 12.1. The molecule has 4 rings (SSSR count). The summed E-state index contributed by atoms with van der Waals surface area (Å²) in [5, 5.41) is 7.61. The van der Waals surface area contributed by atoms with Crippen molar-refractivity contribution in [1.82, 2.24) is 14.8 Å². The fourth-order valence-corrected chi connectivity index (χ4v) is 3.69. The summed E-state index contributed by atoms with van der Waals surface area (Å²) in [5.41, 5.74) is 2.34. The van der Waals surface area contributed by atoms with Crippen molar-refractivity contribution in [1.29, 1.82) is 0 Å². The molecule has 0 amide bonds. The SMILES string of the molecule is O=c1cc2c(nn1CC1CN(c3nccs3)C1)CCC2. The van der Waals surface area contributed by atoms with Gasteiger partial charge in [0.1, 0.15) is 0 Å². The van der Waals surface area contributed by atoms with E-state index in [4.69, 9.17) is 0 Å². The molecule has 0 bridgehead atoms. The highest BCUT2D eigenvalue weighted by Gasteiger charge is 2.29. The van der Waals surface area contributed by atoms with Crippen LogP contribution in [0.2, 0.25) is 0 Å². The molecule has 5 nitrogen and oxygen atoms in total. The summed E-state index contributed by atoms with van der Waals surface area (Å²) in [5.74, 6) is 0.503. The largest absolute Gasteiger partial charge is 0.347 e.